The number of nitrogens with zero attached hydrogens (tertiary/aromatic N) is 1. The molecular formula is C26H21ClN2O2. The first-order chi connectivity index (χ1) is 14.9. The van der Waals surface area contributed by atoms with Gasteiger partial charge in [0.15, 0.2) is 5.58 Å². The molecule has 154 valence electrons. The molecule has 4 nitrogen and oxygen atoms in total. The van der Waals surface area contributed by atoms with Crippen LogP contribution >= 0.6 is 11.6 Å². The summed E-state index contributed by atoms with van der Waals surface area (Å²) in [7, 11) is 1.79. The minimum absolute atomic E-state index is 0.101. The van der Waals surface area contributed by atoms with E-state index in [0.29, 0.717) is 21.9 Å². The Labute approximate surface area is 184 Å². The molecule has 5 rings (SSSR count). The summed E-state index contributed by atoms with van der Waals surface area (Å²) in [6, 6.07) is 21.4. The maximum atomic E-state index is 13.4. The van der Waals surface area contributed by atoms with E-state index in [1.165, 1.54) is 5.56 Å². The van der Waals surface area contributed by atoms with E-state index in [2.05, 4.69) is 18.3 Å². The zero-order chi connectivity index (χ0) is 21.7. The van der Waals surface area contributed by atoms with Gasteiger partial charge in [-0.3, -0.25) is 4.79 Å². The number of para-hydroxylation sites is 1. The zero-order valence-corrected chi connectivity index (χ0v) is 18.2. The molecular weight excluding hydrogens is 408 g/mol. The molecule has 3 aromatic carbocycles. The number of hydrogen-bond acceptors (Lipinski definition) is 3. The molecule has 0 bridgehead atoms. The fourth-order valence-corrected chi connectivity index (χ4v) is 4.24. The van der Waals surface area contributed by atoms with Crippen LogP contribution in [0.4, 0.5) is 11.6 Å². The summed E-state index contributed by atoms with van der Waals surface area (Å²) in [5.41, 5.74) is 6.12. The van der Waals surface area contributed by atoms with E-state index < -0.39 is 0 Å². The Balaban J connectivity index is 1.86. The van der Waals surface area contributed by atoms with Crippen LogP contribution in [0.15, 0.2) is 75.9 Å². The van der Waals surface area contributed by atoms with Crippen molar-refractivity contribution in [3.63, 3.8) is 0 Å². The van der Waals surface area contributed by atoms with Crippen molar-refractivity contribution in [2.75, 3.05) is 5.32 Å². The van der Waals surface area contributed by atoms with Gasteiger partial charge in [0.1, 0.15) is 0 Å². The Kier molecular flexibility index (Phi) is 4.60. The number of furan rings is 1. The molecule has 2 heterocycles. The van der Waals surface area contributed by atoms with Gasteiger partial charge in [-0.1, -0.05) is 53.6 Å². The van der Waals surface area contributed by atoms with Crippen molar-refractivity contribution in [2.45, 2.75) is 13.8 Å². The third kappa shape index (κ3) is 3.20. The number of nitrogens with one attached hydrogen (secondary N) is 1. The Morgan fingerprint density at radius 3 is 2.45 bits per heavy atom. The predicted octanol–water partition coefficient (Wildman–Crippen LogP) is 6.97. The molecule has 0 amide bonds. The van der Waals surface area contributed by atoms with Gasteiger partial charge >= 0.3 is 0 Å². The third-order valence-corrected chi connectivity index (χ3v) is 5.95. The van der Waals surface area contributed by atoms with Crippen LogP contribution in [0, 0.1) is 13.8 Å². The number of benzene rings is 3. The quantitative estimate of drug-likeness (QED) is 0.337. The van der Waals surface area contributed by atoms with Gasteiger partial charge in [0.25, 0.3) is 5.56 Å². The van der Waals surface area contributed by atoms with Gasteiger partial charge in [-0.05, 0) is 55.3 Å². The maximum Gasteiger partial charge on any atom is 0.262 e. The molecule has 0 saturated carbocycles. The molecule has 0 spiro atoms. The van der Waals surface area contributed by atoms with Crippen LogP contribution < -0.4 is 10.9 Å². The first-order valence-corrected chi connectivity index (χ1v) is 10.5. The summed E-state index contributed by atoms with van der Waals surface area (Å²) in [6.07, 6.45) is 0. The number of rotatable bonds is 3. The molecule has 5 heteroatoms. The summed E-state index contributed by atoms with van der Waals surface area (Å²) >= 11 is 6.13. The Morgan fingerprint density at radius 2 is 1.71 bits per heavy atom. The topological polar surface area (TPSA) is 47.2 Å². The second-order valence-corrected chi connectivity index (χ2v) is 8.28. The number of aryl methyl sites for hydroxylation is 3. The Hall–Kier alpha value is -3.50. The van der Waals surface area contributed by atoms with Gasteiger partial charge in [-0.25, -0.2) is 0 Å². The molecule has 2 aromatic heterocycles. The second-order valence-electron chi connectivity index (χ2n) is 7.84. The molecule has 0 aliphatic rings. The lowest BCUT2D eigenvalue weighted by Gasteiger charge is -2.10. The lowest BCUT2D eigenvalue weighted by molar-refractivity contribution is 0.637. The fourth-order valence-electron chi connectivity index (χ4n) is 4.12. The van der Waals surface area contributed by atoms with Gasteiger partial charge in [-0.2, -0.15) is 0 Å². The highest BCUT2D eigenvalue weighted by atomic mass is 35.5. The molecule has 0 aliphatic heterocycles. The number of aromatic nitrogens is 1. The normalized spacial score (nSPS) is 11.4. The fraction of sp³-hybridized carbons (Fsp3) is 0.115. The van der Waals surface area contributed by atoms with E-state index in [4.69, 9.17) is 16.0 Å². The van der Waals surface area contributed by atoms with E-state index >= 15 is 0 Å². The average Bonchev–Trinajstić information content (AvgIpc) is 3.14. The van der Waals surface area contributed by atoms with Crippen LogP contribution in [-0.4, -0.2) is 4.57 Å². The van der Waals surface area contributed by atoms with E-state index in [1.807, 2.05) is 67.6 Å². The van der Waals surface area contributed by atoms with Crippen molar-refractivity contribution in [3.8, 4) is 11.1 Å². The van der Waals surface area contributed by atoms with E-state index in [0.717, 1.165) is 33.3 Å². The summed E-state index contributed by atoms with van der Waals surface area (Å²) < 4.78 is 8.04. The van der Waals surface area contributed by atoms with Gasteiger partial charge < -0.3 is 14.3 Å². The predicted molar refractivity (Wildman–Crippen MR) is 129 cm³/mol. The number of anilines is 2. The molecule has 0 radical (unpaired) electrons. The lowest BCUT2D eigenvalue weighted by atomic mass is 10.0. The summed E-state index contributed by atoms with van der Waals surface area (Å²) in [4.78, 5) is 13.4. The minimum Gasteiger partial charge on any atom is -0.439 e. The van der Waals surface area contributed by atoms with Crippen molar-refractivity contribution in [1.29, 1.82) is 0 Å². The minimum atomic E-state index is -0.101. The summed E-state index contributed by atoms with van der Waals surface area (Å²) in [6.45, 7) is 4.11. The van der Waals surface area contributed by atoms with Gasteiger partial charge in [0.05, 0.1) is 16.5 Å². The van der Waals surface area contributed by atoms with E-state index in [1.54, 1.807) is 11.6 Å². The number of pyridine rings is 1. The van der Waals surface area contributed by atoms with Crippen molar-refractivity contribution in [1.82, 2.24) is 4.57 Å². The first kappa shape index (κ1) is 19.5. The summed E-state index contributed by atoms with van der Waals surface area (Å²) in [5.74, 6) is 0.540. The van der Waals surface area contributed by atoms with Crippen molar-refractivity contribution in [3.05, 3.63) is 93.2 Å². The van der Waals surface area contributed by atoms with Crippen LogP contribution in [0.3, 0.4) is 0 Å². The highest BCUT2D eigenvalue weighted by molar-refractivity contribution is 6.30. The van der Waals surface area contributed by atoms with Crippen LogP contribution in [0.2, 0.25) is 5.02 Å². The zero-order valence-electron chi connectivity index (χ0n) is 17.5. The number of fused-ring (bicyclic) bond motifs is 3. The van der Waals surface area contributed by atoms with Crippen molar-refractivity contribution in [2.24, 2.45) is 7.05 Å². The Bertz CT molecular complexity index is 1510. The molecule has 1 N–H and O–H groups in total. The van der Waals surface area contributed by atoms with Crippen LogP contribution in [0.25, 0.3) is 33.0 Å². The lowest BCUT2D eigenvalue weighted by Crippen LogP contribution is -2.17. The average molecular weight is 429 g/mol. The van der Waals surface area contributed by atoms with Crippen LogP contribution in [-0.2, 0) is 7.05 Å². The van der Waals surface area contributed by atoms with Crippen molar-refractivity contribution >= 4 is 45.0 Å². The second kappa shape index (κ2) is 7.33. The van der Waals surface area contributed by atoms with Crippen LogP contribution in [0.1, 0.15) is 11.1 Å². The molecule has 31 heavy (non-hydrogen) atoms. The highest BCUT2D eigenvalue weighted by Gasteiger charge is 2.23. The van der Waals surface area contributed by atoms with Gasteiger partial charge in [-0.15, -0.1) is 0 Å². The van der Waals surface area contributed by atoms with Gasteiger partial charge in [0, 0.05) is 23.1 Å². The molecule has 0 aliphatic carbocycles. The van der Waals surface area contributed by atoms with E-state index in [-0.39, 0.29) is 5.56 Å². The largest absolute Gasteiger partial charge is 0.439 e. The first-order valence-electron chi connectivity index (χ1n) is 10.1. The maximum absolute atomic E-state index is 13.4. The molecule has 0 saturated heterocycles. The number of hydrogen-bond donors (Lipinski definition) is 1. The number of halogens is 1. The van der Waals surface area contributed by atoms with E-state index in [9.17, 15) is 4.79 Å². The Morgan fingerprint density at radius 1 is 0.968 bits per heavy atom. The SMILES string of the molecule is Cc1ccc(Nc2oc3c(c2-c2ccc(Cl)cc2)c(=O)n(C)c2ccccc32)c(C)c1. The monoisotopic (exact) mass is 428 g/mol. The molecule has 0 atom stereocenters. The standard InChI is InChI=1S/C26H21ClN2O2/c1-15-8-13-20(16(2)14-15)28-25-22(17-9-11-18(27)12-10-17)23-24(31-25)19-6-4-5-7-21(19)29(3)26(23)30/h4-14,28H,1-3H3. The smallest absolute Gasteiger partial charge is 0.262 e. The summed E-state index contributed by atoms with van der Waals surface area (Å²) in [5, 5.41) is 5.52. The molecule has 0 unspecified atom stereocenters. The van der Waals surface area contributed by atoms with Crippen LogP contribution in [0.5, 0.6) is 0 Å². The highest BCUT2D eigenvalue weighted by Crippen LogP contribution is 2.41. The van der Waals surface area contributed by atoms with Crippen molar-refractivity contribution < 1.29 is 4.42 Å². The van der Waals surface area contributed by atoms with Gasteiger partial charge in [0.2, 0.25) is 5.88 Å². The molecule has 5 aromatic rings. The molecule has 0 fully saturated rings. The third-order valence-electron chi connectivity index (χ3n) is 5.70.